The molecule has 2 aromatic carbocycles. The molecule has 156 valence electrons. The second-order valence-corrected chi connectivity index (χ2v) is 10.2. The molecular formula is C24H24O5S. The molecule has 30 heavy (non-hydrogen) atoms. The van der Waals surface area contributed by atoms with Gasteiger partial charge in [0.2, 0.25) is 0 Å². The van der Waals surface area contributed by atoms with Gasteiger partial charge in [-0.2, -0.15) is 0 Å². The Morgan fingerprint density at radius 1 is 1.03 bits per heavy atom. The Morgan fingerprint density at radius 3 is 2.33 bits per heavy atom. The average molecular weight is 425 g/mol. The fourth-order valence-electron chi connectivity index (χ4n) is 4.60. The summed E-state index contributed by atoms with van der Waals surface area (Å²) < 4.78 is 31.7. The van der Waals surface area contributed by atoms with Gasteiger partial charge in [-0.15, -0.1) is 0 Å². The van der Waals surface area contributed by atoms with Gasteiger partial charge in [0.05, 0.1) is 16.2 Å². The van der Waals surface area contributed by atoms with Crippen LogP contribution in [0.1, 0.15) is 43.0 Å². The Balaban J connectivity index is 1.63. The third-order valence-corrected chi connectivity index (χ3v) is 7.98. The Bertz CT molecular complexity index is 1100. The van der Waals surface area contributed by atoms with Gasteiger partial charge in [-0.1, -0.05) is 48.9 Å². The second kappa shape index (κ2) is 7.84. The van der Waals surface area contributed by atoms with Crippen molar-refractivity contribution in [3.8, 4) is 0 Å². The predicted molar refractivity (Wildman–Crippen MR) is 113 cm³/mol. The quantitative estimate of drug-likeness (QED) is 0.674. The number of hydrogen-bond acceptors (Lipinski definition) is 5. The van der Waals surface area contributed by atoms with E-state index in [4.69, 9.17) is 4.74 Å². The topological polar surface area (TPSA) is 77.5 Å². The van der Waals surface area contributed by atoms with Crippen molar-refractivity contribution in [2.75, 3.05) is 5.75 Å². The number of ketones is 1. The van der Waals surface area contributed by atoms with Crippen LogP contribution in [0, 0.1) is 5.41 Å². The zero-order valence-electron chi connectivity index (χ0n) is 16.8. The molecular weight excluding hydrogens is 400 g/mol. The SMILES string of the molecule is CC12CCC(=O)C(CS(=O)(=O)c3ccccc3)=C1CCC2OC(=O)c1ccccc1. The van der Waals surface area contributed by atoms with E-state index in [0.717, 1.165) is 5.57 Å². The van der Waals surface area contributed by atoms with Gasteiger partial charge in [0.25, 0.3) is 0 Å². The van der Waals surface area contributed by atoms with E-state index in [0.29, 0.717) is 30.4 Å². The summed E-state index contributed by atoms with van der Waals surface area (Å²) in [4.78, 5) is 25.5. The molecule has 0 N–H and O–H groups in total. The van der Waals surface area contributed by atoms with Gasteiger partial charge >= 0.3 is 5.97 Å². The highest BCUT2D eigenvalue weighted by molar-refractivity contribution is 7.91. The van der Waals surface area contributed by atoms with Crippen molar-refractivity contribution in [1.82, 2.24) is 0 Å². The number of Topliss-reactive ketones (excluding diaryl/α,β-unsaturated/α-hetero) is 1. The van der Waals surface area contributed by atoms with E-state index in [1.54, 1.807) is 54.6 Å². The van der Waals surface area contributed by atoms with Crippen molar-refractivity contribution < 1.29 is 22.7 Å². The first-order chi connectivity index (χ1) is 14.3. The number of carbonyl (C=O) groups is 2. The summed E-state index contributed by atoms with van der Waals surface area (Å²) in [7, 11) is -3.63. The molecule has 0 heterocycles. The van der Waals surface area contributed by atoms with Crippen LogP contribution in [0.25, 0.3) is 0 Å². The fourth-order valence-corrected chi connectivity index (χ4v) is 6.06. The second-order valence-electron chi connectivity index (χ2n) is 8.17. The minimum absolute atomic E-state index is 0.114. The summed E-state index contributed by atoms with van der Waals surface area (Å²) in [6.07, 6.45) is 1.60. The maximum Gasteiger partial charge on any atom is 0.338 e. The van der Waals surface area contributed by atoms with E-state index in [9.17, 15) is 18.0 Å². The molecule has 5 nitrogen and oxygen atoms in total. The molecule has 2 atom stereocenters. The van der Waals surface area contributed by atoms with Gasteiger partial charge in [-0.3, -0.25) is 4.79 Å². The maximum absolute atomic E-state index is 12.9. The van der Waals surface area contributed by atoms with Crippen LogP contribution in [0.4, 0.5) is 0 Å². The van der Waals surface area contributed by atoms with Gasteiger partial charge in [-0.05, 0) is 43.5 Å². The van der Waals surface area contributed by atoms with Gasteiger partial charge < -0.3 is 4.74 Å². The van der Waals surface area contributed by atoms with Crippen LogP contribution in [-0.2, 0) is 19.4 Å². The highest BCUT2D eigenvalue weighted by atomic mass is 32.2. The molecule has 6 heteroatoms. The molecule has 0 aliphatic heterocycles. The first kappa shape index (κ1) is 20.5. The van der Waals surface area contributed by atoms with Gasteiger partial charge in [-0.25, -0.2) is 13.2 Å². The smallest absolute Gasteiger partial charge is 0.338 e. The molecule has 0 amide bonds. The Morgan fingerprint density at radius 2 is 1.67 bits per heavy atom. The van der Waals surface area contributed by atoms with Gasteiger partial charge in [0.1, 0.15) is 6.10 Å². The lowest BCUT2D eigenvalue weighted by molar-refractivity contribution is -0.117. The third kappa shape index (κ3) is 3.72. The van der Waals surface area contributed by atoms with E-state index >= 15 is 0 Å². The van der Waals surface area contributed by atoms with Crippen molar-refractivity contribution in [2.24, 2.45) is 5.41 Å². The number of ether oxygens (including phenoxy) is 1. The number of sulfone groups is 1. The summed E-state index contributed by atoms with van der Waals surface area (Å²) in [6.45, 7) is 1.99. The largest absolute Gasteiger partial charge is 0.458 e. The molecule has 0 radical (unpaired) electrons. The lowest BCUT2D eigenvalue weighted by Gasteiger charge is -2.36. The van der Waals surface area contributed by atoms with Crippen molar-refractivity contribution in [2.45, 2.75) is 43.6 Å². The predicted octanol–water partition coefficient (Wildman–Crippen LogP) is 4.15. The molecule has 2 aromatic rings. The van der Waals surface area contributed by atoms with Gasteiger partial charge in [0, 0.05) is 17.4 Å². The first-order valence-corrected chi connectivity index (χ1v) is 11.8. The van der Waals surface area contributed by atoms with Crippen molar-refractivity contribution >= 4 is 21.6 Å². The van der Waals surface area contributed by atoms with E-state index in [-0.39, 0.29) is 29.0 Å². The zero-order chi connectivity index (χ0) is 21.4. The summed E-state index contributed by atoms with van der Waals surface area (Å²) >= 11 is 0. The fraction of sp³-hybridized carbons (Fsp3) is 0.333. The monoisotopic (exact) mass is 424 g/mol. The van der Waals surface area contributed by atoms with E-state index in [2.05, 4.69) is 0 Å². The average Bonchev–Trinajstić information content (AvgIpc) is 3.08. The maximum atomic E-state index is 12.9. The number of carbonyl (C=O) groups excluding carboxylic acids is 2. The normalized spacial score (nSPS) is 23.9. The molecule has 1 fully saturated rings. The van der Waals surface area contributed by atoms with Crippen LogP contribution >= 0.6 is 0 Å². The lowest BCUT2D eigenvalue weighted by atomic mass is 9.71. The third-order valence-electron chi connectivity index (χ3n) is 6.32. The van der Waals surface area contributed by atoms with Crippen molar-refractivity contribution in [1.29, 1.82) is 0 Å². The minimum Gasteiger partial charge on any atom is -0.458 e. The molecule has 0 aromatic heterocycles. The minimum atomic E-state index is -3.63. The Hall–Kier alpha value is -2.73. The summed E-state index contributed by atoms with van der Waals surface area (Å²) in [6, 6.07) is 17.0. The van der Waals surface area contributed by atoms with Crippen molar-refractivity contribution in [3.05, 3.63) is 77.4 Å². The van der Waals surface area contributed by atoms with Crippen LogP contribution in [0.2, 0.25) is 0 Å². The molecule has 2 aliphatic rings. The number of esters is 1. The van der Waals surface area contributed by atoms with Crippen LogP contribution in [-0.4, -0.2) is 32.0 Å². The molecule has 0 spiro atoms. The molecule has 0 saturated heterocycles. The molecule has 4 rings (SSSR count). The molecule has 0 bridgehead atoms. The number of hydrogen-bond donors (Lipinski definition) is 0. The lowest BCUT2D eigenvalue weighted by Crippen LogP contribution is -2.37. The molecule has 2 unspecified atom stereocenters. The Labute approximate surface area is 176 Å². The summed E-state index contributed by atoms with van der Waals surface area (Å²) in [5, 5.41) is 0. The molecule has 1 saturated carbocycles. The number of fused-ring (bicyclic) bond motifs is 1. The van der Waals surface area contributed by atoms with Crippen LogP contribution in [0.3, 0.4) is 0 Å². The highest BCUT2D eigenvalue weighted by Gasteiger charge is 2.50. The first-order valence-electron chi connectivity index (χ1n) is 10.1. The highest BCUT2D eigenvalue weighted by Crippen LogP contribution is 2.52. The van der Waals surface area contributed by atoms with Crippen molar-refractivity contribution in [3.63, 3.8) is 0 Å². The van der Waals surface area contributed by atoms with E-state index in [1.165, 1.54) is 0 Å². The summed E-state index contributed by atoms with van der Waals surface area (Å²) in [5.41, 5.74) is 1.19. The van der Waals surface area contributed by atoms with Crippen LogP contribution in [0.15, 0.2) is 76.7 Å². The van der Waals surface area contributed by atoms with E-state index in [1.807, 2.05) is 13.0 Å². The molecule has 2 aliphatic carbocycles. The summed E-state index contributed by atoms with van der Waals surface area (Å²) in [5.74, 6) is -0.810. The number of rotatable bonds is 5. The Kier molecular flexibility index (Phi) is 5.36. The standard InChI is InChI=1S/C24H24O5S/c1-24-15-14-21(25)19(16-30(27,28)18-10-6-3-7-11-18)20(24)12-13-22(24)29-23(26)17-8-4-2-5-9-17/h2-11,22H,12-16H2,1H3. The van der Waals surface area contributed by atoms with Gasteiger partial charge in [0.15, 0.2) is 15.6 Å². The zero-order valence-corrected chi connectivity index (χ0v) is 17.7. The van der Waals surface area contributed by atoms with Crippen LogP contribution < -0.4 is 0 Å². The number of benzene rings is 2. The van der Waals surface area contributed by atoms with E-state index < -0.39 is 21.2 Å². The van der Waals surface area contributed by atoms with Crippen LogP contribution in [0.5, 0.6) is 0 Å².